The lowest BCUT2D eigenvalue weighted by molar-refractivity contribution is 0.178. The van der Waals surface area contributed by atoms with Crippen molar-refractivity contribution in [2.45, 2.75) is 18.9 Å². The molecular weight excluding hydrogens is 188 g/mol. The van der Waals surface area contributed by atoms with Crippen LogP contribution in [-0.4, -0.2) is 11.2 Å². The van der Waals surface area contributed by atoms with Crippen LogP contribution in [0.25, 0.3) is 11.0 Å². The van der Waals surface area contributed by atoms with Gasteiger partial charge in [-0.3, -0.25) is 0 Å². The molecule has 0 radical (unpaired) electrons. The number of hydrogen-bond acceptors (Lipinski definition) is 2. The molecule has 15 heavy (non-hydrogen) atoms. The van der Waals surface area contributed by atoms with Crippen LogP contribution in [0.5, 0.6) is 0 Å². The average Bonchev–Trinajstić information content (AvgIpc) is 2.65. The van der Waals surface area contributed by atoms with E-state index in [0.717, 1.165) is 16.5 Å². The molecule has 1 unspecified atom stereocenters. The fourth-order valence-electron chi connectivity index (χ4n) is 1.69. The minimum atomic E-state index is -0.341. The van der Waals surface area contributed by atoms with Crippen LogP contribution in [0.15, 0.2) is 47.6 Å². The Kier molecular flexibility index (Phi) is 2.88. The van der Waals surface area contributed by atoms with Crippen molar-refractivity contribution in [1.82, 2.24) is 0 Å². The van der Waals surface area contributed by atoms with Gasteiger partial charge in [-0.1, -0.05) is 12.1 Å². The minimum Gasteiger partial charge on any atom is -0.464 e. The number of aliphatic hydroxyl groups is 1. The summed E-state index contributed by atoms with van der Waals surface area (Å²) in [6.07, 6.45) is 4.36. The number of fused-ring (bicyclic) bond motifs is 1. The van der Waals surface area contributed by atoms with Crippen molar-refractivity contribution in [2.75, 3.05) is 0 Å². The van der Waals surface area contributed by atoms with E-state index < -0.39 is 0 Å². The summed E-state index contributed by atoms with van der Waals surface area (Å²) < 4.78 is 5.25. The predicted octanol–water partition coefficient (Wildman–Crippen LogP) is 2.91. The van der Waals surface area contributed by atoms with E-state index in [1.807, 2.05) is 24.3 Å². The second-order valence-corrected chi connectivity index (χ2v) is 3.68. The van der Waals surface area contributed by atoms with Crippen LogP contribution in [0.2, 0.25) is 0 Å². The first-order valence-electron chi connectivity index (χ1n) is 5.04. The van der Waals surface area contributed by atoms with E-state index in [0.29, 0.717) is 12.8 Å². The third kappa shape index (κ3) is 2.28. The van der Waals surface area contributed by atoms with Gasteiger partial charge in [0.25, 0.3) is 0 Å². The molecule has 78 valence electrons. The van der Waals surface area contributed by atoms with Crippen molar-refractivity contribution in [3.05, 3.63) is 48.7 Å². The van der Waals surface area contributed by atoms with Crippen molar-refractivity contribution in [1.29, 1.82) is 0 Å². The number of hydrogen-bond donors (Lipinski definition) is 1. The van der Waals surface area contributed by atoms with Crippen LogP contribution in [0.4, 0.5) is 0 Å². The van der Waals surface area contributed by atoms with Crippen molar-refractivity contribution in [3.63, 3.8) is 0 Å². The summed E-state index contributed by atoms with van der Waals surface area (Å²) in [5.74, 6) is 0. The number of benzene rings is 1. The van der Waals surface area contributed by atoms with Gasteiger partial charge in [-0.2, -0.15) is 0 Å². The van der Waals surface area contributed by atoms with E-state index in [4.69, 9.17) is 4.42 Å². The highest BCUT2D eigenvalue weighted by Gasteiger charge is 2.04. The Morgan fingerprint density at radius 3 is 3.07 bits per heavy atom. The summed E-state index contributed by atoms with van der Waals surface area (Å²) in [7, 11) is 0. The number of furan rings is 1. The Morgan fingerprint density at radius 1 is 1.40 bits per heavy atom. The first-order chi connectivity index (χ1) is 7.29. The molecular formula is C13H14O2. The van der Waals surface area contributed by atoms with Gasteiger partial charge in [-0.25, -0.2) is 0 Å². The van der Waals surface area contributed by atoms with E-state index in [9.17, 15) is 5.11 Å². The van der Waals surface area contributed by atoms with Crippen molar-refractivity contribution >= 4 is 11.0 Å². The Bertz CT molecular complexity index is 456. The maximum Gasteiger partial charge on any atom is 0.133 e. The van der Waals surface area contributed by atoms with Gasteiger partial charge in [-0.15, -0.1) is 6.58 Å². The molecule has 0 fully saturated rings. The van der Waals surface area contributed by atoms with Gasteiger partial charge in [-0.05, 0) is 36.6 Å². The van der Waals surface area contributed by atoms with Crippen molar-refractivity contribution < 1.29 is 9.52 Å². The molecule has 2 aromatic rings. The molecule has 0 saturated carbocycles. The van der Waals surface area contributed by atoms with Gasteiger partial charge in [0, 0.05) is 5.39 Å². The normalized spacial score (nSPS) is 12.9. The van der Waals surface area contributed by atoms with Crippen LogP contribution < -0.4 is 0 Å². The molecule has 0 aliphatic carbocycles. The zero-order valence-corrected chi connectivity index (χ0v) is 8.52. The summed E-state index contributed by atoms with van der Waals surface area (Å²) in [6.45, 7) is 3.61. The Labute approximate surface area is 88.8 Å². The molecule has 2 heteroatoms. The second-order valence-electron chi connectivity index (χ2n) is 3.68. The monoisotopic (exact) mass is 202 g/mol. The largest absolute Gasteiger partial charge is 0.464 e. The molecule has 0 spiro atoms. The zero-order valence-electron chi connectivity index (χ0n) is 8.52. The Morgan fingerprint density at radius 2 is 2.27 bits per heavy atom. The number of aliphatic hydroxyl groups excluding tert-OH is 1. The fourth-order valence-corrected chi connectivity index (χ4v) is 1.69. The van der Waals surface area contributed by atoms with Crippen LogP contribution in [0.1, 0.15) is 12.0 Å². The SMILES string of the molecule is C=CCC(O)Cc1ccc2occc2c1. The molecule has 0 bridgehead atoms. The van der Waals surface area contributed by atoms with Crippen molar-refractivity contribution in [2.24, 2.45) is 0 Å². The predicted molar refractivity (Wildman–Crippen MR) is 60.7 cm³/mol. The number of rotatable bonds is 4. The lowest BCUT2D eigenvalue weighted by atomic mass is 10.0. The highest BCUT2D eigenvalue weighted by molar-refractivity contribution is 5.77. The molecule has 1 heterocycles. The molecule has 0 saturated heterocycles. The Hall–Kier alpha value is -1.54. The maximum absolute atomic E-state index is 9.63. The lowest BCUT2D eigenvalue weighted by Crippen LogP contribution is -2.08. The molecule has 1 aromatic heterocycles. The molecule has 0 aliphatic heterocycles. The quantitative estimate of drug-likeness (QED) is 0.773. The van der Waals surface area contributed by atoms with Crippen LogP contribution in [-0.2, 0) is 6.42 Å². The van der Waals surface area contributed by atoms with Gasteiger partial charge in [0.2, 0.25) is 0 Å². The van der Waals surface area contributed by atoms with E-state index in [1.165, 1.54) is 0 Å². The lowest BCUT2D eigenvalue weighted by Gasteiger charge is -2.07. The molecule has 2 rings (SSSR count). The molecule has 1 atom stereocenters. The molecule has 0 amide bonds. The molecule has 2 nitrogen and oxygen atoms in total. The van der Waals surface area contributed by atoms with Gasteiger partial charge in [0.1, 0.15) is 5.58 Å². The van der Waals surface area contributed by atoms with Gasteiger partial charge >= 0.3 is 0 Å². The van der Waals surface area contributed by atoms with Gasteiger partial charge in [0.05, 0.1) is 12.4 Å². The minimum absolute atomic E-state index is 0.341. The highest BCUT2D eigenvalue weighted by Crippen LogP contribution is 2.18. The van der Waals surface area contributed by atoms with E-state index >= 15 is 0 Å². The first kappa shape index (κ1) is 9.99. The second kappa shape index (κ2) is 4.32. The van der Waals surface area contributed by atoms with Crippen LogP contribution >= 0.6 is 0 Å². The summed E-state index contributed by atoms with van der Waals surface area (Å²) in [4.78, 5) is 0. The first-order valence-corrected chi connectivity index (χ1v) is 5.04. The van der Waals surface area contributed by atoms with E-state index in [-0.39, 0.29) is 6.10 Å². The van der Waals surface area contributed by atoms with Gasteiger partial charge < -0.3 is 9.52 Å². The Balaban J connectivity index is 2.17. The molecule has 0 aliphatic rings. The van der Waals surface area contributed by atoms with Crippen molar-refractivity contribution in [3.8, 4) is 0 Å². The average molecular weight is 202 g/mol. The summed E-state index contributed by atoms with van der Waals surface area (Å²) in [5, 5.41) is 10.7. The standard InChI is InChI=1S/C13H14O2/c1-2-3-12(14)9-10-4-5-13-11(8-10)6-7-15-13/h2,4-8,12,14H,1,3,9H2. The topological polar surface area (TPSA) is 33.4 Å². The highest BCUT2D eigenvalue weighted by atomic mass is 16.3. The summed E-state index contributed by atoms with van der Waals surface area (Å²) >= 11 is 0. The molecule has 1 N–H and O–H groups in total. The maximum atomic E-state index is 9.63. The van der Waals surface area contributed by atoms with E-state index in [1.54, 1.807) is 12.3 Å². The van der Waals surface area contributed by atoms with Crippen LogP contribution in [0.3, 0.4) is 0 Å². The summed E-state index contributed by atoms with van der Waals surface area (Å²) in [5.41, 5.74) is 2.01. The third-order valence-electron chi connectivity index (χ3n) is 2.43. The van der Waals surface area contributed by atoms with E-state index in [2.05, 4.69) is 6.58 Å². The van der Waals surface area contributed by atoms with Crippen LogP contribution in [0, 0.1) is 0 Å². The zero-order chi connectivity index (χ0) is 10.7. The summed E-state index contributed by atoms with van der Waals surface area (Å²) in [6, 6.07) is 7.90. The third-order valence-corrected chi connectivity index (χ3v) is 2.43. The molecule has 1 aromatic carbocycles. The van der Waals surface area contributed by atoms with Gasteiger partial charge in [0.15, 0.2) is 0 Å². The smallest absolute Gasteiger partial charge is 0.133 e. The fraction of sp³-hybridized carbons (Fsp3) is 0.231.